The van der Waals surface area contributed by atoms with Crippen LogP contribution in [-0.4, -0.2) is 67.4 Å². The van der Waals surface area contributed by atoms with Crippen LogP contribution in [0.4, 0.5) is 4.79 Å². The van der Waals surface area contributed by atoms with Gasteiger partial charge in [0.15, 0.2) is 6.04 Å². The van der Waals surface area contributed by atoms with Crippen LogP contribution in [0.25, 0.3) is 0 Å². The Balaban J connectivity index is 2.37. The molecule has 0 aromatic heterocycles. The first kappa shape index (κ1) is 17.7. The first-order valence-electron chi connectivity index (χ1n) is 6.92. The molecular formula is C12H22N6O4. The quantitative estimate of drug-likeness (QED) is 0.327. The van der Waals surface area contributed by atoms with Gasteiger partial charge in [-0.05, 0) is 12.8 Å². The monoisotopic (exact) mass is 314 g/mol. The lowest BCUT2D eigenvalue weighted by Crippen LogP contribution is -2.57. The number of carbonyl (C=O) groups excluding carboxylic acids is 4. The predicted molar refractivity (Wildman–Crippen MR) is 77.4 cm³/mol. The van der Waals surface area contributed by atoms with E-state index in [9.17, 15) is 19.2 Å². The second-order valence-corrected chi connectivity index (χ2v) is 5.08. The number of hydrogen-bond donors (Lipinski definition) is 5. The molecule has 1 aliphatic rings. The van der Waals surface area contributed by atoms with E-state index in [1.807, 2.05) is 4.90 Å². The zero-order valence-corrected chi connectivity index (χ0v) is 12.4. The highest BCUT2D eigenvalue weighted by Crippen LogP contribution is 2.09. The summed E-state index contributed by atoms with van der Waals surface area (Å²) in [6.07, 6.45) is 1.31. The lowest BCUT2D eigenvalue weighted by Gasteiger charge is -2.31. The molecule has 7 N–H and O–H groups in total. The molecule has 0 unspecified atom stereocenters. The average molecular weight is 314 g/mol. The fourth-order valence-corrected chi connectivity index (χ4v) is 2.16. The molecule has 1 rings (SSSR count). The van der Waals surface area contributed by atoms with Gasteiger partial charge in [0.1, 0.15) is 0 Å². The van der Waals surface area contributed by atoms with E-state index in [2.05, 4.69) is 16.0 Å². The topological polar surface area (TPSA) is 160 Å². The van der Waals surface area contributed by atoms with Crippen LogP contribution < -0.4 is 27.4 Å². The molecule has 1 aliphatic heterocycles. The molecule has 0 aromatic carbocycles. The number of hydrogen-bond acceptors (Lipinski definition) is 5. The second-order valence-electron chi connectivity index (χ2n) is 5.08. The molecule has 0 saturated carbocycles. The van der Waals surface area contributed by atoms with Gasteiger partial charge < -0.3 is 27.4 Å². The molecule has 124 valence electrons. The largest absolute Gasteiger partial charge is 0.367 e. The van der Waals surface area contributed by atoms with Crippen molar-refractivity contribution in [3.63, 3.8) is 0 Å². The van der Waals surface area contributed by atoms with Crippen molar-refractivity contribution in [2.45, 2.75) is 24.9 Å². The number of primary amides is 2. The number of likely N-dealkylation sites (tertiary alicyclic amines) is 1. The van der Waals surface area contributed by atoms with Crippen LogP contribution in [0.15, 0.2) is 0 Å². The van der Waals surface area contributed by atoms with E-state index in [-0.39, 0.29) is 11.9 Å². The van der Waals surface area contributed by atoms with E-state index in [4.69, 9.17) is 11.5 Å². The smallest absolute Gasteiger partial charge is 0.316 e. The fourth-order valence-electron chi connectivity index (χ4n) is 2.16. The molecule has 0 aromatic rings. The molecule has 0 radical (unpaired) electrons. The Morgan fingerprint density at radius 3 is 2.14 bits per heavy atom. The molecule has 0 spiro atoms. The number of likely N-dealkylation sites (N-methyl/N-ethyl adjacent to an activating group) is 1. The third-order valence-corrected chi connectivity index (χ3v) is 3.41. The third kappa shape index (κ3) is 5.56. The molecule has 22 heavy (non-hydrogen) atoms. The minimum Gasteiger partial charge on any atom is -0.367 e. The Labute approximate surface area is 127 Å². The molecular weight excluding hydrogens is 292 g/mol. The molecule has 10 heteroatoms. The van der Waals surface area contributed by atoms with Crippen molar-refractivity contribution >= 4 is 23.8 Å². The molecule has 1 fully saturated rings. The third-order valence-electron chi connectivity index (χ3n) is 3.41. The van der Waals surface area contributed by atoms with E-state index in [0.29, 0.717) is 32.5 Å². The Bertz CT molecular complexity index is 433. The summed E-state index contributed by atoms with van der Waals surface area (Å²) in [5.74, 6) is -2.08. The normalized spacial score (nSPS) is 16.1. The van der Waals surface area contributed by atoms with Crippen molar-refractivity contribution in [2.75, 3.05) is 26.7 Å². The van der Waals surface area contributed by atoms with Crippen molar-refractivity contribution in [3.05, 3.63) is 0 Å². The minimum atomic E-state index is -1.53. The maximum Gasteiger partial charge on any atom is 0.316 e. The van der Waals surface area contributed by atoms with Gasteiger partial charge in [-0.1, -0.05) is 0 Å². The number of carbonyl (C=O) groups is 4. The van der Waals surface area contributed by atoms with Crippen LogP contribution in [0.3, 0.4) is 0 Å². The van der Waals surface area contributed by atoms with E-state index in [0.717, 1.165) is 0 Å². The Morgan fingerprint density at radius 2 is 1.68 bits per heavy atom. The van der Waals surface area contributed by atoms with E-state index < -0.39 is 23.9 Å². The SMILES string of the molecule is CNC(=O)CN1CCC(NC(=O)NC(C(N)=O)C(N)=O)CC1. The van der Waals surface area contributed by atoms with Gasteiger partial charge in [-0.25, -0.2) is 4.79 Å². The summed E-state index contributed by atoms with van der Waals surface area (Å²) in [4.78, 5) is 46.9. The first-order chi connectivity index (χ1) is 10.3. The number of nitrogens with one attached hydrogen (secondary N) is 3. The first-order valence-corrected chi connectivity index (χ1v) is 6.92. The molecule has 0 aliphatic carbocycles. The highest BCUT2D eigenvalue weighted by molar-refractivity contribution is 6.05. The van der Waals surface area contributed by atoms with Crippen LogP contribution in [0, 0.1) is 0 Å². The Kier molecular flexibility index (Phi) is 6.57. The summed E-state index contributed by atoms with van der Waals surface area (Å²) in [6, 6.07) is -2.32. The van der Waals surface area contributed by atoms with Crippen LogP contribution in [0.5, 0.6) is 0 Å². The van der Waals surface area contributed by atoms with Gasteiger partial charge in [0.25, 0.3) is 0 Å². The Morgan fingerprint density at radius 1 is 1.14 bits per heavy atom. The highest BCUT2D eigenvalue weighted by atomic mass is 16.2. The van der Waals surface area contributed by atoms with Crippen molar-refractivity contribution in [1.29, 1.82) is 0 Å². The van der Waals surface area contributed by atoms with Crippen molar-refractivity contribution < 1.29 is 19.2 Å². The number of nitrogens with two attached hydrogens (primary N) is 2. The summed E-state index contributed by atoms with van der Waals surface area (Å²) in [5, 5.41) is 7.34. The molecule has 1 heterocycles. The fraction of sp³-hybridized carbons (Fsp3) is 0.667. The summed E-state index contributed by atoms with van der Waals surface area (Å²) in [6.45, 7) is 1.64. The van der Waals surface area contributed by atoms with Crippen molar-refractivity contribution in [3.8, 4) is 0 Å². The number of nitrogens with zero attached hydrogens (tertiary/aromatic N) is 1. The van der Waals surface area contributed by atoms with Gasteiger partial charge >= 0.3 is 6.03 Å². The highest BCUT2D eigenvalue weighted by Gasteiger charge is 2.26. The predicted octanol–water partition coefficient (Wildman–Crippen LogP) is -3.16. The van der Waals surface area contributed by atoms with Crippen molar-refractivity contribution in [1.82, 2.24) is 20.9 Å². The summed E-state index contributed by atoms with van der Waals surface area (Å²) in [7, 11) is 1.58. The van der Waals surface area contributed by atoms with Gasteiger partial charge in [0.05, 0.1) is 6.54 Å². The van der Waals surface area contributed by atoms with E-state index in [1.165, 1.54) is 0 Å². The average Bonchev–Trinajstić information content (AvgIpc) is 2.46. The zero-order valence-electron chi connectivity index (χ0n) is 12.4. The summed E-state index contributed by atoms with van der Waals surface area (Å²) >= 11 is 0. The van der Waals surface area contributed by atoms with Crippen LogP contribution in [0.2, 0.25) is 0 Å². The molecule has 0 atom stereocenters. The molecule has 5 amide bonds. The van der Waals surface area contributed by atoms with Crippen LogP contribution in [-0.2, 0) is 14.4 Å². The summed E-state index contributed by atoms with van der Waals surface area (Å²) < 4.78 is 0. The van der Waals surface area contributed by atoms with Gasteiger partial charge in [0, 0.05) is 26.2 Å². The van der Waals surface area contributed by atoms with Gasteiger partial charge in [0.2, 0.25) is 17.7 Å². The number of rotatable bonds is 6. The standard InChI is InChI=1S/C12H22N6O4/c1-15-8(19)6-18-4-2-7(3-5-18)16-12(22)17-9(10(13)20)11(14)21/h7,9H,2-6H2,1H3,(H2,13,20)(H2,14,21)(H,15,19)(H2,16,17,22). The number of urea groups is 1. The zero-order chi connectivity index (χ0) is 16.7. The van der Waals surface area contributed by atoms with Crippen LogP contribution in [0.1, 0.15) is 12.8 Å². The second kappa shape index (κ2) is 8.17. The van der Waals surface area contributed by atoms with E-state index >= 15 is 0 Å². The number of amides is 5. The lowest BCUT2D eigenvalue weighted by molar-refractivity contribution is -0.128. The summed E-state index contributed by atoms with van der Waals surface area (Å²) in [5.41, 5.74) is 9.94. The molecule has 0 bridgehead atoms. The maximum atomic E-state index is 11.7. The molecule has 1 saturated heterocycles. The number of piperidine rings is 1. The van der Waals surface area contributed by atoms with Crippen LogP contribution >= 0.6 is 0 Å². The lowest BCUT2D eigenvalue weighted by atomic mass is 10.1. The molecule has 10 nitrogen and oxygen atoms in total. The van der Waals surface area contributed by atoms with Gasteiger partial charge in [-0.3, -0.25) is 19.3 Å². The van der Waals surface area contributed by atoms with Gasteiger partial charge in [-0.2, -0.15) is 0 Å². The van der Waals surface area contributed by atoms with Gasteiger partial charge in [-0.15, -0.1) is 0 Å². The minimum absolute atomic E-state index is 0.0603. The Hall–Kier alpha value is -2.36. The maximum absolute atomic E-state index is 11.7. The van der Waals surface area contributed by atoms with Crippen molar-refractivity contribution in [2.24, 2.45) is 11.5 Å². The van der Waals surface area contributed by atoms with E-state index in [1.54, 1.807) is 7.05 Å².